The number of nitrogen functional groups attached to an aromatic ring is 1. The van der Waals surface area contributed by atoms with Crippen LogP contribution in [0.4, 0.5) is 11.4 Å². The minimum Gasteiger partial charge on any atom is -0.478 e. The Morgan fingerprint density at radius 1 is 1.00 bits per heavy atom. The van der Waals surface area contributed by atoms with Crippen LogP contribution in [0.2, 0.25) is 0 Å². The molecular weight excluding hydrogens is 364 g/mol. The zero-order valence-electron chi connectivity index (χ0n) is 16.9. The minimum absolute atomic E-state index is 0.248. The second kappa shape index (κ2) is 6.74. The number of aromatic nitrogens is 2. The van der Waals surface area contributed by atoms with Crippen LogP contribution < -0.4 is 15.2 Å². The van der Waals surface area contributed by atoms with E-state index in [1.165, 1.54) is 0 Å². The van der Waals surface area contributed by atoms with Gasteiger partial charge in [-0.25, -0.2) is 9.78 Å². The number of carbonyl (C=O) groups is 1. The van der Waals surface area contributed by atoms with E-state index in [-0.39, 0.29) is 5.56 Å². The molecule has 1 aromatic heterocycles. The fraction of sp³-hybridized carbons (Fsp3) is 0.174. The van der Waals surface area contributed by atoms with Crippen molar-refractivity contribution in [3.8, 4) is 5.69 Å². The molecule has 4 rings (SSSR count). The average Bonchev–Trinajstić information content (AvgIpc) is 2.70. The van der Waals surface area contributed by atoms with Gasteiger partial charge in [-0.05, 0) is 49.2 Å². The predicted molar refractivity (Wildman–Crippen MR) is 116 cm³/mol. The highest BCUT2D eigenvalue weighted by atomic mass is 16.4. The maximum Gasteiger partial charge on any atom is 0.335 e. The van der Waals surface area contributed by atoms with Crippen molar-refractivity contribution in [2.75, 3.05) is 24.7 Å². The summed E-state index contributed by atoms with van der Waals surface area (Å²) in [5, 5.41) is 9.25. The zero-order chi connectivity index (χ0) is 20.9. The van der Waals surface area contributed by atoms with Gasteiger partial charge in [-0.1, -0.05) is 0 Å². The molecule has 6 heteroatoms. The smallest absolute Gasteiger partial charge is 0.335 e. The van der Waals surface area contributed by atoms with Gasteiger partial charge < -0.3 is 15.7 Å². The van der Waals surface area contributed by atoms with Gasteiger partial charge in [0, 0.05) is 49.7 Å². The molecule has 0 fully saturated rings. The predicted octanol–water partition coefficient (Wildman–Crippen LogP) is 3.63. The average molecular weight is 387 g/mol. The molecular formula is C23H23N4O2+. The van der Waals surface area contributed by atoms with Crippen molar-refractivity contribution in [3.63, 3.8) is 0 Å². The van der Waals surface area contributed by atoms with Gasteiger partial charge in [-0.15, -0.1) is 4.57 Å². The van der Waals surface area contributed by atoms with Gasteiger partial charge in [-0.3, -0.25) is 0 Å². The molecule has 0 spiro atoms. The van der Waals surface area contributed by atoms with E-state index in [0.717, 1.165) is 44.6 Å². The molecule has 0 aliphatic carbocycles. The molecule has 3 N–H and O–H groups in total. The second-order valence-electron chi connectivity index (χ2n) is 7.45. The molecule has 0 saturated carbocycles. The van der Waals surface area contributed by atoms with Gasteiger partial charge in [-0.2, -0.15) is 0 Å². The van der Waals surface area contributed by atoms with Gasteiger partial charge in [0.15, 0.2) is 0 Å². The van der Waals surface area contributed by atoms with Gasteiger partial charge in [0.1, 0.15) is 11.0 Å². The Hall–Kier alpha value is -3.67. The largest absolute Gasteiger partial charge is 0.478 e. The third-order valence-electron chi connectivity index (χ3n) is 5.45. The van der Waals surface area contributed by atoms with Crippen molar-refractivity contribution in [2.24, 2.45) is 0 Å². The molecule has 0 unspecified atom stereocenters. The summed E-state index contributed by atoms with van der Waals surface area (Å²) in [6, 6.07) is 14.9. The summed E-state index contributed by atoms with van der Waals surface area (Å²) in [7, 11) is 3.99. The molecule has 29 heavy (non-hydrogen) atoms. The number of aromatic carboxylic acids is 1. The molecule has 0 aliphatic rings. The van der Waals surface area contributed by atoms with Crippen LogP contribution in [0.3, 0.4) is 0 Å². The summed E-state index contributed by atoms with van der Waals surface area (Å²) >= 11 is 0. The van der Waals surface area contributed by atoms with Crippen molar-refractivity contribution in [2.45, 2.75) is 13.8 Å². The normalized spacial score (nSPS) is 11.2. The topological polar surface area (TPSA) is 83.3 Å². The molecule has 0 saturated heterocycles. The summed E-state index contributed by atoms with van der Waals surface area (Å²) in [5.41, 5.74) is 14.7. The summed E-state index contributed by atoms with van der Waals surface area (Å²) < 4.78 is 2.10. The van der Waals surface area contributed by atoms with Crippen LogP contribution >= 0.6 is 0 Å². The van der Waals surface area contributed by atoms with E-state index in [2.05, 4.69) is 10.6 Å². The molecule has 1 heterocycles. The fourth-order valence-electron chi connectivity index (χ4n) is 3.57. The summed E-state index contributed by atoms with van der Waals surface area (Å²) in [6.45, 7) is 4.02. The molecule has 0 atom stereocenters. The number of rotatable bonds is 3. The van der Waals surface area contributed by atoms with Crippen LogP contribution in [0.15, 0.2) is 48.5 Å². The van der Waals surface area contributed by atoms with Gasteiger partial charge in [0.25, 0.3) is 0 Å². The number of anilines is 2. The van der Waals surface area contributed by atoms with Crippen molar-refractivity contribution < 1.29 is 14.5 Å². The van der Waals surface area contributed by atoms with E-state index in [4.69, 9.17) is 10.7 Å². The van der Waals surface area contributed by atoms with E-state index in [0.29, 0.717) is 5.69 Å². The number of carboxylic acids is 1. The van der Waals surface area contributed by atoms with Crippen LogP contribution in [-0.2, 0) is 0 Å². The Morgan fingerprint density at radius 3 is 2.31 bits per heavy atom. The fourth-order valence-corrected chi connectivity index (χ4v) is 3.57. The first-order valence-corrected chi connectivity index (χ1v) is 9.34. The number of aryl methyl sites for hydroxylation is 1. The SMILES string of the molecule is Cc1c(N)cc2c(nc3ccc(N(C)C)cc3[n+]2-c2ccc(C(=O)O)cc2)c1C. The van der Waals surface area contributed by atoms with Crippen LogP contribution in [0, 0.1) is 13.8 Å². The molecule has 3 aromatic carbocycles. The van der Waals surface area contributed by atoms with Crippen LogP contribution in [-0.4, -0.2) is 30.2 Å². The number of hydrogen-bond acceptors (Lipinski definition) is 4. The van der Waals surface area contributed by atoms with E-state index < -0.39 is 5.97 Å². The Kier molecular flexibility index (Phi) is 4.34. The van der Waals surface area contributed by atoms with E-state index in [9.17, 15) is 9.90 Å². The van der Waals surface area contributed by atoms with Crippen LogP contribution in [0.25, 0.3) is 27.8 Å². The number of carboxylic acid groups (broad SMARTS) is 1. The van der Waals surface area contributed by atoms with E-state index in [1.54, 1.807) is 12.1 Å². The molecule has 0 radical (unpaired) electrons. The molecule has 4 aromatic rings. The lowest BCUT2D eigenvalue weighted by Gasteiger charge is -2.14. The Morgan fingerprint density at radius 2 is 1.69 bits per heavy atom. The van der Waals surface area contributed by atoms with Crippen LogP contribution in [0.1, 0.15) is 21.5 Å². The molecule has 0 aliphatic heterocycles. The van der Waals surface area contributed by atoms with Gasteiger partial charge in [0.05, 0.1) is 5.56 Å². The van der Waals surface area contributed by atoms with Crippen molar-refractivity contribution in [1.29, 1.82) is 0 Å². The highest BCUT2D eigenvalue weighted by Crippen LogP contribution is 2.27. The third kappa shape index (κ3) is 3.02. The highest BCUT2D eigenvalue weighted by molar-refractivity contribution is 5.89. The van der Waals surface area contributed by atoms with Crippen molar-refractivity contribution >= 4 is 39.4 Å². The molecule has 0 bridgehead atoms. The lowest BCUT2D eigenvalue weighted by atomic mass is 10.0. The summed E-state index contributed by atoms with van der Waals surface area (Å²) in [6.07, 6.45) is 0. The quantitative estimate of drug-likeness (QED) is 0.319. The first kappa shape index (κ1) is 18.7. The lowest BCUT2D eigenvalue weighted by Crippen LogP contribution is -2.34. The first-order valence-electron chi connectivity index (χ1n) is 9.34. The first-order chi connectivity index (χ1) is 13.8. The number of nitrogens with two attached hydrogens (primary N) is 1. The van der Waals surface area contributed by atoms with E-state index in [1.807, 2.05) is 63.2 Å². The maximum atomic E-state index is 11.3. The number of nitrogens with zero attached hydrogens (tertiary/aromatic N) is 3. The number of benzene rings is 3. The monoisotopic (exact) mass is 387 g/mol. The lowest BCUT2D eigenvalue weighted by molar-refractivity contribution is -0.538. The zero-order valence-corrected chi connectivity index (χ0v) is 16.9. The summed E-state index contributed by atoms with van der Waals surface area (Å²) in [5.74, 6) is -0.948. The second-order valence-corrected chi connectivity index (χ2v) is 7.45. The van der Waals surface area contributed by atoms with E-state index >= 15 is 0 Å². The van der Waals surface area contributed by atoms with Crippen molar-refractivity contribution in [1.82, 2.24) is 4.98 Å². The van der Waals surface area contributed by atoms with Gasteiger partial charge in [0.2, 0.25) is 16.7 Å². The van der Waals surface area contributed by atoms with Crippen LogP contribution in [0.5, 0.6) is 0 Å². The van der Waals surface area contributed by atoms with Gasteiger partial charge >= 0.3 is 5.97 Å². The molecule has 6 nitrogen and oxygen atoms in total. The Bertz CT molecular complexity index is 1280. The highest BCUT2D eigenvalue weighted by Gasteiger charge is 2.23. The molecule has 146 valence electrons. The standard InChI is InChI=1S/C23H22N4O2/c1-13-14(2)22-21(12-18(13)24)27(16-7-5-15(6-8-16)23(28)29)20-11-17(26(3)4)9-10-19(20)25-22/h5-12,24H,1-4H3,(H,28,29)/p+1. The Balaban J connectivity index is 2.16. The third-order valence-corrected chi connectivity index (χ3v) is 5.45. The maximum absolute atomic E-state index is 11.3. The van der Waals surface area contributed by atoms with Crippen molar-refractivity contribution in [3.05, 3.63) is 65.2 Å². The number of hydrogen-bond donors (Lipinski definition) is 2. The Labute approximate surface area is 168 Å². The summed E-state index contributed by atoms with van der Waals surface area (Å²) in [4.78, 5) is 18.2. The minimum atomic E-state index is -0.948. The molecule has 0 amide bonds. The number of fused-ring (bicyclic) bond motifs is 2.